The minimum Gasteiger partial charge on any atom is -0.463 e. The molecule has 2 heterocycles. The zero-order valence-corrected chi connectivity index (χ0v) is 21.1. The number of ether oxygens (including phenoxy) is 4. The van der Waals surface area contributed by atoms with Crippen LogP contribution in [0, 0.1) is 0 Å². The van der Waals surface area contributed by atoms with Gasteiger partial charge in [0.25, 0.3) is 11.8 Å². The molecule has 37 heavy (non-hydrogen) atoms. The third kappa shape index (κ3) is 5.67. The zero-order valence-electron chi connectivity index (χ0n) is 20.3. The van der Waals surface area contributed by atoms with Crippen molar-refractivity contribution in [3.8, 4) is 0 Å². The molecule has 2 aliphatic heterocycles. The van der Waals surface area contributed by atoms with Crippen molar-refractivity contribution in [1.29, 1.82) is 0 Å². The summed E-state index contributed by atoms with van der Waals surface area (Å²) in [5, 5.41) is 0. The van der Waals surface area contributed by atoms with Gasteiger partial charge in [-0.25, -0.2) is 0 Å². The lowest BCUT2D eigenvalue weighted by Crippen LogP contribution is -2.66. The summed E-state index contributed by atoms with van der Waals surface area (Å²) >= 11 is 1.19. The Labute approximate surface area is 217 Å². The van der Waals surface area contributed by atoms with Crippen LogP contribution in [-0.2, 0) is 33.3 Å². The largest absolute Gasteiger partial charge is 0.463 e. The van der Waals surface area contributed by atoms with Gasteiger partial charge in [0.05, 0.1) is 11.1 Å². The summed E-state index contributed by atoms with van der Waals surface area (Å²) in [5.74, 6) is -3.21. The number of fused-ring (bicyclic) bond motifs is 1. The third-order valence-corrected chi connectivity index (χ3v) is 6.96. The number of rotatable bonds is 7. The summed E-state index contributed by atoms with van der Waals surface area (Å²) < 4.78 is 22.5. The van der Waals surface area contributed by atoms with E-state index in [9.17, 15) is 24.0 Å². The molecule has 10 nitrogen and oxygen atoms in total. The molecule has 194 valence electrons. The second-order valence-electron chi connectivity index (χ2n) is 8.44. The molecule has 0 unspecified atom stereocenters. The average molecular weight is 528 g/mol. The number of amides is 2. The summed E-state index contributed by atoms with van der Waals surface area (Å²) in [5.41, 5.74) is -0.575. The Morgan fingerprint density at radius 2 is 1.35 bits per heavy atom. The van der Waals surface area contributed by atoms with E-state index in [2.05, 4.69) is 0 Å². The van der Waals surface area contributed by atoms with Crippen LogP contribution >= 0.6 is 11.8 Å². The monoisotopic (exact) mass is 527 g/mol. The predicted octanol–water partition coefficient (Wildman–Crippen LogP) is 2.59. The molecule has 4 rings (SSSR count). The molecule has 5 atom stereocenters. The van der Waals surface area contributed by atoms with Crippen LogP contribution in [0.3, 0.4) is 0 Å². The topological polar surface area (TPSA) is 126 Å². The Morgan fingerprint density at radius 3 is 1.89 bits per heavy atom. The van der Waals surface area contributed by atoms with Crippen molar-refractivity contribution < 1.29 is 42.9 Å². The number of imide groups is 1. The third-order valence-electron chi connectivity index (χ3n) is 5.79. The van der Waals surface area contributed by atoms with Crippen molar-refractivity contribution >= 4 is 41.5 Å². The van der Waals surface area contributed by atoms with Crippen molar-refractivity contribution in [3.05, 3.63) is 65.7 Å². The predicted molar refractivity (Wildman–Crippen MR) is 129 cm³/mol. The van der Waals surface area contributed by atoms with Crippen LogP contribution in [0.15, 0.2) is 59.5 Å². The van der Waals surface area contributed by atoms with E-state index in [-0.39, 0.29) is 17.7 Å². The highest BCUT2D eigenvalue weighted by molar-refractivity contribution is 7.99. The van der Waals surface area contributed by atoms with Gasteiger partial charge in [-0.1, -0.05) is 42.1 Å². The van der Waals surface area contributed by atoms with Gasteiger partial charge in [-0.3, -0.25) is 28.9 Å². The van der Waals surface area contributed by atoms with Gasteiger partial charge in [0.1, 0.15) is 24.2 Å². The minimum absolute atomic E-state index is 0.198. The van der Waals surface area contributed by atoms with Crippen molar-refractivity contribution in [1.82, 2.24) is 4.90 Å². The lowest BCUT2D eigenvalue weighted by atomic mass is 9.96. The van der Waals surface area contributed by atoms with E-state index in [1.54, 1.807) is 12.1 Å². The molecule has 2 amide bonds. The Bertz CT molecular complexity index is 1180. The highest BCUT2D eigenvalue weighted by atomic mass is 32.2. The molecule has 0 spiro atoms. The molecular formula is C26H25NO9S. The number of nitrogens with zero attached hydrogens (tertiary/aromatic N) is 1. The van der Waals surface area contributed by atoms with Gasteiger partial charge in [0.15, 0.2) is 12.2 Å². The van der Waals surface area contributed by atoms with Gasteiger partial charge in [-0.2, -0.15) is 0 Å². The van der Waals surface area contributed by atoms with Crippen LogP contribution in [0.4, 0.5) is 0 Å². The SMILES string of the molecule is CC(=O)OC[C@@H]1O[C@H](Sc2ccccc2)[C@@H](N2C(=O)c3ccccc3C2=O)[C@H](OC(C)=O)[C@H]1OC(C)=O. The first kappa shape index (κ1) is 26.4. The Kier molecular flexibility index (Phi) is 7.94. The van der Waals surface area contributed by atoms with E-state index in [0.29, 0.717) is 0 Å². The highest BCUT2D eigenvalue weighted by Crippen LogP contribution is 2.40. The summed E-state index contributed by atoms with van der Waals surface area (Å²) in [6.07, 6.45) is -3.63. The molecule has 2 aliphatic rings. The standard InChI is InChI=1S/C26H25NO9S/c1-14(28)33-13-20-22(34-15(2)29)23(35-16(3)30)21(26(36-20)37-17-9-5-4-6-10-17)27-24(31)18-11-7-8-12-19(18)25(27)32/h4-12,20-23,26H,13H2,1-3H3/t20-,21-,22-,23-,26+/m0/s1. The van der Waals surface area contributed by atoms with E-state index in [1.165, 1.54) is 37.7 Å². The molecule has 0 radical (unpaired) electrons. The van der Waals surface area contributed by atoms with E-state index in [0.717, 1.165) is 16.7 Å². The first-order valence-electron chi connectivity index (χ1n) is 11.5. The van der Waals surface area contributed by atoms with Crippen LogP contribution in [0.25, 0.3) is 0 Å². The van der Waals surface area contributed by atoms with Crippen LogP contribution in [0.1, 0.15) is 41.5 Å². The van der Waals surface area contributed by atoms with E-state index < -0.39 is 59.5 Å². The zero-order chi connectivity index (χ0) is 26.7. The van der Waals surface area contributed by atoms with Gasteiger partial charge in [-0.05, 0) is 24.3 Å². The van der Waals surface area contributed by atoms with Crippen LogP contribution < -0.4 is 0 Å². The summed E-state index contributed by atoms with van der Waals surface area (Å²) in [6.45, 7) is 3.23. The second-order valence-corrected chi connectivity index (χ2v) is 9.61. The van der Waals surface area contributed by atoms with Crippen molar-refractivity contribution in [3.63, 3.8) is 0 Å². The van der Waals surface area contributed by atoms with Crippen molar-refractivity contribution in [2.45, 2.75) is 55.5 Å². The second kappa shape index (κ2) is 11.1. The lowest BCUT2D eigenvalue weighted by Gasteiger charge is -2.47. The number of hydrogen-bond donors (Lipinski definition) is 0. The molecule has 0 N–H and O–H groups in total. The molecule has 1 fully saturated rings. The number of hydrogen-bond acceptors (Lipinski definition) is 10. The number of carbonyl (C=O) groups excluding carboxylic acids is 5. The highest BCUT2D eigenvalue weighted by Gasteiger charge is 2.56. The molecule has 2 aromatic rings. The van der Waals surface area contributed by atoms with Crippen molar-refractivity contribution in [2.75, 3.05) is 6.61 Å². The molecule has 0 aliphatic carbocycles. The van der Waals surface area contributed by atoms with Gasteiger partial charge < -0.3 is 18.9 Å². The smallest absolute Gasteiger partial charge is 0.303 e. The van der Waals surface area contributed by atoms with Gasteiger partial charge in [0, 0.05) is 25.7 Å². The molecule has 0 aromatic heterocycles. The van der Waals surface area contributed by atoms with Gasteiger partial charge in [-0.15, -0.1) is 0 Å². The Hall–Kier alpha value is -3.70. The van der Waals surface area contributed by atoms with Gasteiger partial charge >= 0.3 is 17.9 Å². The summed E-state index contributed by atoms with van der Waals surface area (Å²) in [4.78, 5) is 64.6. The average Bonchev–Trinajstić information content (AvgIpc) is 3.10. The lowest BCUT2D eigenvalue weighted by molar-refractivity contribution is -0.216. The summed E-state index contributed by atoms with van der Waals surface area (Å²) in [7, 11) is 0. The molecule has 0 saturated carbocycles. The number of thioether (sulfide) groups is 1. The maximum absolute atomic E-state index is 13.5. The van der Waals surface area contributed by atoms with E-state index in [4.69, 9.17) is 18.9 Å². The number of carbonyl (C=O) groups is 5. The first-order valence-corrected chi connectivity index (χ1v) is 12.4. The van der Waals surface area contributed by atoms with Crippen LogP contribution in [-0.4, -0.2) is 71.0 Å². The van der Waals surface area contributed by atoms with E-state index >= 15 is 0 Å². The van der Waals surface area contributed by atoms with Crippen molar-refractivity contribution in [2.24, 2.45) is 0 Å². The maximum atomic E-state index is 13.5. The van der Waals surface area contributed by atoms with Gasteiger partial charge in [0.2, 0.25) is 0 Å². The normalized spacial score (nSPS) is 24.8. The quantitative estimate of drug-likeness (QED) is 0.301. The fourth-order valence-electron chi connectivity index (χ4n) is 4.37. The minimum atomic E-state index is -1.31. The first-order chi connectivity index (χ1) is 17.7. The van der Waals surface area contributed by atoms with Crippen LogP contribution in [0.5, 0.6) is 0 Å². The maximum Gasteiger partial charge on any atom is 0.303 e. The summed E-state index contributed by atoms with van der Waals surface area (Å²) in [6, 6.07) is 14.2. The molecule has 11 heteroatoms. The fraction of sp³-hybridized carbons (Fsp3) is 0.346. The Balaban J connectivity index is 1.81. The number of esters is 3. The Morgan fingerprint density at radius 1 is 0.811 bits per heavy atom. The molecular weight excluding hydrogens is 502 g/mol. The molecule has 0 bridgehead atoms. The van der Waals surface area contributed by atoms with E-state index in [1.807, 2.05) is 30.3 Å². The number of benzene rings is 2. The fourth-order valence-corrected chi connectivity index (χ4v) is 5.56. The molecule has 1 saturated heterocycles. The molecule has 2 aromatic carbocycles. The van der Waals surface area contributed by atoms with Crippen LogP contribution in [0.2, 0.25) is 0 Å².